The second-order valence-corrected chi connectivity index (χ2v) is 16.3. The summed E-state index contributed by atoms with van der Waals surface area (Å²) in [5.41, 5.74) is 13.2. The van der Waals surface area contributed by atoms with Gasteiger partial charge in [0.15, 0.2) is 0 Å². The van der Waals surface area contributed by atoms with E-state index in [0.29, 0.717) is 0 Å². The van der Waals surface area contributed by atoms with Crippen LogP contribution >= 0.6 is 11.3 Å². The summed E-state index contributed by atoms with van der Waals surface area (Å²) in [6, 6.07) is 77.6. The molecule has 12 aromatic rings. The zero-order valence-electron chi connectivity index (χ0n) is 32.1. The maximum atomic E-state index is 2.44. The topological polar surface area (TPSA) is 7.65 Å². The molecule has 2 nitrogen and oxygen atoms in total. The molecule has 0 unspecified atom stereocenters. The third-order valence-corrected chi connectivity index (χ3v) is 13.2. The largest absolute Gasteiger partial charge is 0.315 e. The molecule has 0 saturated heterocycles. The van der Waals surface area contributed by atoms with Crippen molar-refractivity contribution in [3.8, 4) is 33.4 Å². The third kappa shape index (κ3) is 5.40. The molecule has 0 aliphatic rings. The van der Waals surface area contributed by atoms with Crippen LogP contribution in [0.15, 0.2) is 219 Å². The van der Waals surface area contributed by atoms with Gasteiger partial charge in [-0.1, -0.05) is 170 Å². The summed E-state index contributed by atoms with van der Waals surface area (Å²) in [6.07, 6.45) is 2.31. The summed E-state index contributed by atoms with van der Waals surface area (Å²) < 4.78 is 4.99. The van der Waals surface area contributed by atoms with Gasteiger partial charge in [0.05, 0.1) is 21.4 Å². The monoisotopic (exact) mass is 768 g/mol. The molecule has 0 bridgehead atoms. The molecule has 0 radical (unpaired) electrons. The molecule has 0 amide bonds. The molecule has 59 heavy (non-hydrogen) atoms. The molecular weight excluding hydrogens is 733 g/mol. The first-order valence-electron chi connectivity index (χ1n) is 20.2. The van der Waals surface area contributed by atoms with Crippen molar-refractivity contribution < 1.29 is 0 Å². The first kappa shape index (κ1) is 33.7. The van der Waals surface area contributed by atoms with Crippen molar-refractivity contribution in [1.29, 1.82) is 0 Å². The maximum Gasteiger partial charge on any atom is 0.0640 e. The number of nitrogens with zero attached hydrogens (tertiary/aromatic N) is 2. The second kappa shape index (κ2) is 13.6. The van der Waals surface area contributed by atoms with Crippen molar-refractivity contribution in [3.63, 3.8) is 0 Å². The van der Waals surface area contributed by atoms with Crippen LogP contribution in [-0.2, 0) is 0 Å². The Labute approximate surface area is 346 Å². The molecular formula is C56H36N2S. The SMILES string of the molecule is c1ccc(-c2c3ccccc3n3cc4ccccc4c(-c4ccc(N(c5ccc(-c6cccc7ccccc67)cc5)c5cccc6c5sc5ccccc56)cc4)c23)cc1. The van der Waals surface area contributed by atoms with Crippen molar-refractivity contribution in [2.45, 2.75) is 0 Å². The molecule has 0 aliphatic heterocycles. The minimum atomic E-state index is 1.11. The molecule has 9 aromatic carbocycles. The lowest BCUT2D eigenvalue weighted by Crippen LogP contribution is -2.10. The van der Waals surface area contributed by atoms with E-state index in [-0.39, 0.29) is 0 Å². The Balaban J connectivity index is 1.07. The van der Waals surface area contributed by atoms with Crippen LogP contribution in [0.25, 0.3) is 91.5 Å². The molecule has 0 aliphatic carbocycles. The summed E-state index contributed by atoms with van der Waals surface area (Å²) >= 11 is 1.87. The predicted molar refractivity (Wildman–Crippen MR) is 254 cm³/mol. The van der Waals surface area contributed by atoms with Gasteiger partial charge in [0.25, 0.3) is 0 Å². The van der Waals surface area contributed by atoms with Gasteiger partial charge in [0, 0.05) is 49.6 Å². The van der Waals surface area contributed by atoms with E-state index in [9.17, 15) is 0 Å². The molecule has 0 N–H and O–H groups in total. The lowest BCUT2D eigenvalue weighted by atomic mass is 9.94. The highest BCUT2D eigenvalue weighted by molar-refractivity contribution is 7.26. The van der Waals surface area contributed by atoms with Crippen molar-refractivity contribution in [2.24, 2.45) is 0 Å². The Bertz CT molecular complexity index is 3540. The molecule has 0 saturated carbocycles. The van der Waals surface area contributed by atoms with Crippen molar-refractivity contribution >= 4 is 86.5 Å². The van der Waals surface area contributed by atoms with E-state index < -0.39 is 0 Å². The van der Waals surface area contributed by atoms with Gasteiger partial charge in [0.2, 0.25) is 0 Å². The quantitative estimate of drug-likeness (QED) is 0.163. The van der Waals surface area contributed by atoms with Crippen molar-refractivity contribution in [1.82, 2.24) is 4.40 Å². The van der Waals surface area contributed by atoms with Gasteiger partial charge in [0.1, 0.15) is 0 Å². The first-order valence-corrected chi connectivity index (χ1v) is 21.0. The van der Waals surface area contributed by atoms with Gasteiger partial charge < -0.3 is 9.30 Å². The fourth-order valence-corrected chi connectivity index (χ4v) is 10.5. The van der Waals surface area contributed by atoms with Crippen LogP contribution in [0.1, 0.15) is 0 Å². The lowest BCUT2D eigenvalue weighted by Gasteiger charge is -2.26. The Morgan fingerprint density at radius 2 is 0.932 bits per heavy atom. The molecule has 0 spiro atoms. The Morgan fingerprint density at radius 3 is 1.73 bits per heavy atom. The third-order valence-electron chi connectivity index (χ3n) is 12.0. The number of para-hydroxylation sites is 1. The van der Waals surface area contributed by atoms with E-state index >= 15 is 0 Å². The van der Waals surface area contributed by atoms with Crippen LogP contribution in [0.4, 0.5) is 17.1 Å². The number of fused-ring (bicyclic) bond motifs is 8. The minimum Gasteiger partial charge on any atom is -0.315 e. The first-order chi connectivity index (χ1) is 29.3. The van der Waals surface area contributed by atoms with Gasteiger partial charge in [-0.15, -0.1) is 11.3 Å². The summed E-state index contributed by atoms with van der Waals surface area (Å²) in [7, 11) is 0. The average Bonchev–Trinajstić information content (AvgIpc) is 3.85. The second-order valence-electron chi connectivity index (χ2n) is 15.3. The zero-order chi connectivity index (χ0) is 38.9. The fourth-order valence-electron chi connectivity index (χ4n) is 9.32. The number of benzene rings is 9. The Morgan fingerprint density at radius 1 is 0.373 bits per heavy atom. The number of thiophene rings is 1. The summed E-state index contributed by atoms with van der Waals surface area (Å²) in [6.45, 7) is 0. The van der Waals surface area contributed by atoms with Crippen molar-refractivity contribution in [2.75, 3.05) is 4.90 Å². The number of pyridine rings is 1. The average molecular weight is 769 g/mol. The van der Waals surface area contributed by atoms with Gasteiger partial charge in [-0.25, -0.2) is 0 Å². The Hall–Kier alpha value is -7.46. The van der Waals surface area contributed by atoms with Crippen LogP contribution in [-0.4, -0.2) is 4.40 Å². The van der Waals surface area contributed by atoms with Crippen LogP contribution in [0.5, 0.6) is 0 Å². The van der Waals surface area contributed by atoms with Gasteiger partial charge >= 0.3 is 0 Å². The molecule has 12 rings (SSSR count). The maximum absolute atomic E-state index is 2.44. The molecule has 0 fully saturated rings. The molecule has 0 atom stereocenters. The summed E-state index contributed by atoms with van der Waals surface area (Å²) in [5.74, 6) is 0. The smallest absolute Gasteiger partial charge is 0.0640 e. The number of rotatable bonds is 6. The molecule has 276 valence electrons. The minimum absolute atomic E-state index is 1.11. The van der Waals surface area contributed by atoms with Crippen LogP contribution in [0.2, 0.25) is 0 Å². The van der Waals surface area contributed by atoms with E-state index in [0.717, 1.165) is 11.4 Å². The number of hydrogen-bond donors (Lipinski definition) is 0. The Kier molecular flexibility index (Phi) is 7.75. The summed E-state index contributed by atoms with van der Waals surface area (Å²) in [5, 5.41) is 8.79. The lowest BCUT2D eigenvalue weighted by molar-refractivity contribution is 1.28. The van der Waals surface area contributed by atoms with Crippen LogP contribution in [0, 0.1) is 0 Å². The zero-order valence-corrected chi connectivity index (χ0v) is 32.9. The standard InChI is InChI=1S/C56H36N2S/c1-2-15-39(16-3-1)54-49-22-8-10-25-50(49)57-36-41-17-5-7-20-46(41)53(55(54)57)40-30-34-43(35-31-40)58(51-26-13-24-48-47-21-9-11-27-52(47)59-56(48)51)42-32-28-38(29-33-42)45-23-12-18-37-14-4-6-19-44(37)45/h1-36H. The normalized spacial score (nSPS) is 11.7. The highest BCUT2D eigenvalue weighted by Crippen LogP contribution is 2.47. The predicted octanol–water partition coefficient (Wildman–Crippen LogP) is 16.2. The van der Waals surface area contributed by atoms with Gasteiger partial charge in [-0.3, -0.25) is 0 Å². The van der Waals surface area contributed by atoms with E-state index in [1.807, 2.05) is 11.3 Å². The van der Waals surface area contributed by atoms with E-state index in [1.165, 1.54) is 97.2 Å². The highest BCUT2D eigenvalue weighted by atomic mass is 32.1. The van der Waals surface area contributed by atoms with Gasteiger partial charge in [-0.05, 0) is 86.3 Å². The molecule has 3 heteroatoms. The summed E-state index contributed by atoms with van der Waals surface area (Å²) in [4.78, 5) is 2.44. The number of anilines is 3. The van der Waals surface area contributed by atoms with E-state index in [2.05, 4.69) is 228 Å². The fraction of sp³-hybridized carbons (Fsp3) is 0. The van der Waals surface area contributed by atoms with E-state index in [4.69, 9.17) is 0 Å². The highest BCUT2D eigenvalue weighted by Gasteiger charge is 2.22. The van der Waals surface area contributed by atoms with Crippen LogP contribution < -0.4 is 4.90 Å². The van der Waals surface area contributed by atoms with Crippen LogP contribution in [0.3, 0.4) is 0 Å². The molecule has 3 aromatic heterocycles. The van der Waals surface area contributed by atoms with E-state index in [1.54, 1.807) is 0 Å². The number of aromatic nitrogens is 1. The molecule has 3 heterocycles. The van der Waals surface area contributed by atoms with Crippen molar-refractivity contribution in [3.05, 3.63) is 219 Å². The van der Waals surface area contributed by atoms with Gasteiger partial charge in [-0.2, -0.15) is 0 Å². The number of hydrogen-bond acceptors (Lipinski definition) is 2.